The predicted molar refractivity (Wildman–Crippen MR) is 93.4 cm³/mol. The van der Waals surface area contributed by atoms with Crippen molar-refractivity contribution in [3.63, 3.8) is 0 Å². The van der Waals surface area contributed by atoms with Crippen LogP contribution in [-0.4, -0.2) is 22.1 Å². The van der Waals surface area contributed by atoms with Crippen LogP contribution in [-0.2, 0) is 13.2 Å². The second-order valence-electron chi connectivity index (χ2n) is 7.17. The van der Waals surface area contributed by atoms with Gasteiger partial charge in [-0.3, -0.25) is 4.57 Å². The van der Waals surface area contributed by atoms with Crippen LogP contribution in [0.3, 0.4) is 0 Å². The van der Waals surface area contributed by atoms with Crippen LogP contribution in [0.4, 0.5) is 14.6 Å². The summed E-state index contributed by atoms with van der Waals surface area (Å²) in [6.45, 7) is 0.456. The summed E-state index contributed by atoms with van der Waals surface area (Å²) in [6.07, 6.45) is 5.64. The highest BCUT2D eigenvalue weighted by atomic mass is 19.2. The summed E-state index contributed by atoms with van der Waals surface area (Å²) in [6, 6.07) is 5.63. The van der Waals surface area contributed by atoms with Crippen LogP contribution in [0.2, 0.25) is 0 Å². The summed E-state index contributed by atoms with van der Waals surface area (Å²) in [7, 11) is 2.00. The zero-order valence-electron chi connectivity index (χ0n) is 14.7. The summed E-state index contributed by atoms with van der Waals surface area (Å²) in [5, 5.41) is 0. The molecule has 0 amide bonds. The van der Waals surface area contributed by atoms with Crippen LogP contribution in [0.25, 0.3) is 0 Å². The van der Waals surface area contributed by atoms with Crippen molar-refractivity contribution in [3.05, 3.63) is 51.9 Å². The third-order valence-corrected chi connectivity index (χ3v) is 5.66. The Morgan fingerprint density at radius 2 is 2.00 bits per heavy atom. The summed E-state index contributed by atoms with van der Waals surface area (Å²) in [5.74, 6) is -0.970. The van der Waals surface area contributed by atoms with E-state index < -0.39 is 11.6 Å². The lowest BCUT2D eigenvalue weighted by atomic mass is 9.81. The standard InChI is InChI=1S/C19H21F2N3O2/c1-23-16-10-15(26-11-13-6-5-7-14(20)17(13)21)22-18(25)24(16)12-19(23)8-3-2-4-9-19/h5-7,10H,2-4,8-9,11-12H2,1H3. The summed E-state index contributed by atoms with van der Waals surface area (Å²) in [5.41, 5.74) is -0.310. The van der Waals surface area contributed by atoms with Gasteiger partial charge in [-0.25, -0.2) is 13.6 Å². The SMILES string of the molecule is CN1c2cc(OCc3cccc(F)c3F)nc(=O)n2CC12CCCCC2. The van der Waals surface area contributed by atoms with Crippen molar-refractivity contribution in [3.8, 4) is 5.88 Å². The van der Waals surface area contributed by atoms with E-state index in [0.717, 1.165) is 37.6 Å². The van der Waals surface area contributed by atoms with Crippen molar-refractivity contribution in [2.75, 3.05) is 11.9 Å². The first-order valence-corrected chi connectivity index (χ1v) is 8.92. The van der Waals surface area contributed by atoms with E-state index in [1.165, 1.54) is 18.6 Å². The monoisotopic (exact) mass is 361 g/mol. The number of likely N-dealkylation sites (N-methyl/N-ethyl adjacent to an activating group) is 1. The molecule has 0 N–H and O–H groups in total. The maximum absolute atomic E-state index is 13.8. The molecule has 0 bridgehead atoms. The first kappa shape index (κ1) is 17.0. The topological polar surface area (TPSA) is 47.4 Å². The van der Waals surface area contributed by atoms with E-state index in [4.69, 9.17) is 4.74 Å². The van der Waals surface area contributed by atoms with Crippen molar-refractivity contribution in [2.24, 2.45) is 0 Å². The van der Waals surface area contributed by atoms with Crippen LogP contribution in [0.5, 0.6) is 5.88 Å². The highest BCUT2D eigenvalue weighted by Crippen LogP contribution is 2.41. The van der Waals surface area contributed by atoms with Crippen LogP contribution < -0.4 is 15.3 Å². The minimum absolute atomic E-state index is 0.0284. The van der Waals surface area contributed by atoms with Gasteiger partial charge >= 0.3 is 5.69 Å². The van der Waals surface area contributed by atoms with Gasteiger partial charge in [0.1, 0.15) is 12.4 Å². The molecule has 1 spiro atoms. The van der Waals surface area contributed by atoms with E-state index in [1.54, 1.807) is 10.6 Å². The van der Waals surface area contributed by atoms with E-state index >= 15 is 0 Å². The van der Waals surface area contributed by atoms with Gasteiger partial charge in [-0.1, -0.05) is 31.4 Å². The second kappa shape index (κ2) is 6.37. The minimum atomic E-state index is -0.941. The van der Waals surface area contributed by atoms with Crippen molar-refractivity contribution >= 4 is 5.82 Å². The Morgan fingerprint density at radius 1 is 1.23 bits per heavy atom. The van der Waals surface area contributed by atoms with Gasteiger partial charge in [-0.05, 0) is 18.9 Å². The number of rotatable bonds is 3. The number of hydrogen-bond donors (Lipinski definition) is 0. The molecule has 138 valence electrons. The van der Waals surface area contributed by atoms with Gasteiger partial charge in [-0.15, -0.1) is 0 Å². The molecule has 7 heteroatoms. The molecule has 1 fully saturated rings. The molecule has 1 aromatic carbocycles. The molecule has 1 aromatic heterocycles. The average molecular weight is 361 g/mol. The number of hydrogen-bond acceptors (Lipinski definition) is 4. The summed E-state index contributed by atoms with van der Waals surface area (Å²) in [4.78, 5) is 18.6. The molecule has 26 heavy (non-hydrogen) atoms. The molecule has 4 rings (SSSR count). The average Bonchev–Trinajstić information content (AvgIpc) is 2.90. The Morgan fingerprint density at radius 3 is 2.77 bits per heavy atom. The van der Waals surface area contributed by atoms with Gasteiger partial charge in [0.05, 0.1) is 12.1 Å². The first-order chi connectivity index (χ1) is 12.5. The molecule has 1 saturated carbocycles. The van der Waals surface area contributed by atoms with Crippen molar-refractivity contribution < 1.29 is 13.5 Å². The third-order valence-electron chi connectivity index (χ3n) is 5.66. The van der Waals surface area contributed by atoms with Crippen LogP contribution in [0.15, 0.2) is 29.1 Å². The summed E-state index contributed by atoms with van der Waals surface area (Å²) < 4.78 is 34.2. The van der Waals surface area contributed by atoms with Crippen molar-refractivity contribution in [1.82, 2.24) is 9.55 Å². The van der Waals surface area contributed by atoms with Gasteiger partial charge in [-0.2, -0.15) is 4.98 Å². The Hall–Kier alpha value is -2.44. The Kier molecular flexibility index (Phi) is 4.17. The number of anilines is 1. The molecular weight excluding hydrogens is 340 g/mol. The highest BCUT2D eigenvalue weighted by Gasteiger charge is 2.43. The van der Waals surface area contributed by atoms with Crippen molar-refractivity contribution in [2.45, 2.75) is 50.8 Å². The lowest BCUT2D eigenvalue weighted by Gasteiger charge is -2.39. The fourth-order valence-corrected chi connectivity index (χ4v) is 4.13. The van der Waals surface area contributed by atoms with E-state index in [-0.39, 0.29) is 29.3 Å². The van der Waals surface area contributed by atoms with E-state index in [1.807, 2.05) is 7.05 Å². The molecule has 0 unspecified atom stereocenters. The number of fused-ring (bicyclic) bond motifs is 1. The molecule has 0 atom stereocenters. The van der Waals surface area contributed by atoms with Crippen molar-refractivity contribution in [1.29, 1.82) is 0 Å². The number of aromatic nitrogens is 2. The minimum Gasteiger partial charge on any atom is -0.472 e. The molecule has 2 aromatic rings. The van der Waals surface area contributed by atoms with E-state index in [0.29, 0.717) is 6.54 Å². The van der Waals surface area contributed by atoms with E-state index in [9.17, 15) is 13.6 Å². The molecule has 0 radical (unpaired) electrons. The fraction of sp³-hybridized carbons (Fsp3) is 0.474. The van der Waals surface area contributed by atoms with Gasteiger partial charge in [0.2, 0.25) is 5.88 Å². The third kappa shape index (κ3) is 2.75. The van der Waals surface area contributed by atoms with Crippen LogP contribution >= 0.6 is 0 Å². The molecule has 5 nitrogen and oxygen atoms in total. The molecule has 2 heterocycles. The molecular formula is C19H21F2N3O2. The van der Waals surface area contributed by atoms with Crippen LogP contribution in [0.1, 0.15) is 37.7 Å². The number of halogens is 2. The Bertz CT molecular complexity index is 891. The molecule has 0 saturated heterocycles. The van der Waals surface area contributed by atoms with E-state index in [2.05, 4.69) is 9.88 Å². The van der Waals surface area contributed by atoms with Gasteiger partial charge in [0, 0.05) is 18.7 Å². The van der Waals surface area contributed by atoms with Gasteiger partial charge in [0.15, 0.2) is 11.6 Å². The maximum Gasteiger partial charge on any atom is 0.352 e. The molecule has 1 aliphatic heterocycles. The predicted octanol–water partition coefficient (Wildman–Crippen LogP) is 3.25. The first-order valence-electron chi connectivity index (χ1n) is 8.92. The zero-order valence-corrected chi connectivity index (χ0v) is 14.7. The number of benzene rings is 1. The highest BCUT2D eigenvalue weighted by molar-refractivity contribution is 5.48. The lowest BCUT2D eigenvalue weighted by molar-refractivity contribution is 0.275. The smallest absolute Gasteiger partial charge is 0.352 e. The maximum atomic E-state index is 13.8. The van der Waals surface area contributed by atoms with Crippen LogP contribution in [0, 0.1) is 11.6 Å². The normalized spacial score (nSPS) is 18.2. The Balaban J connectivity index is 1.59. The van der Waals surface area contributed by atoms with Gasteiger partial charge < -0.3 is 9.64 Å². The number of nitrogens with zero attached hydrogens (tertiary/aromatic N) is 3. The largest absolute Gasteiger partial charge is 0.472 e. The summed E-state index contributed by atoms with van der Waals surface area (Å²) >= 11 is 0. The second-order valence-corrected chi connectivity index (χ2v) is 7.17. The lowest BCUT2D eigenvalue weighted by Crippen LogP contribution is -2.46. The quantitative estimate of drug-likeness (QED) is 0.842. The zero-order chi connectivity index (χ0) is 18.3. The Labute approximate surface area is 150 Å². The fourth-order valence-electron chi connectivity index (χ4n) is 4.13. The van der Waals surface area contributed by atoms with Gasteiger partial charge in [0.25, 0.3) is 0 Å². The molecule has 2 aliphatic rings. The number of ether oxygens (including phenoxy) is 1. The molecule has 1 aliphatic carbocycles.